The Morgan fingerprint density at radius 3 is 2.51 bits per heavy atom. The van der Waals surface area contributed by atoms with Crippen LogP contribution < -0.4 is 10.6 Å². The highest BCUT2D eigenvalue weighted by Gasteiger charge is 2.25. The number of piperazine rings is 1. The molecule has 3 aromatic rings. The SMILES string of the molecule is CC(=O)NCCNc1nc(-c2ccccc2)nc2[nH]c(C(=O)N3CCN(CCCC4CCCCC4)CC3)cc12. The fraction of sp³-hybridized carbons (Fsp3) is 0.533. The standard InChI is InChI=1S/C30H41N7O2/c1-22(38)31-14-15-32-28-25-21-26(33-29(25)35-27(34-28)24-12-6-3-7-13-24)30(39)37-19-17-36(18-20-37)16-8-11-23-9-4-2-5-10-23/h3,6-7,12-13,21,23H,2,4-5,8-11,14-20H2,1H3,(H,31,38)(H2,32,33,34,35). The second kappa shape index (κ2) is 13.1. The van der Waals surface area contributed by atoms with Crippen molar-refractivity contribution in [1.29, 1.82) is 0 Å². The average Bonchev–Trinajstić information content (AvgIpc) is 3.41. The Balaban J connectivity index is 1.23. The minimum atomic E-state index is -0.0755. The van der Waals surface area contributed by atoms with Crippen LogP contribution in [-0.4, -0.2) is 82.4 Å². The van der Waals surface area contributed by atoms with Crippen LogP contribution in [-0.2, 0) is 4.79 Å². The largest absolute Gasteiger partial charge is 0.368 e. The number of amides is 2. The zero-order valence-electron chi connectivity index (χ0n) is 23.0. The predicted molar refractivity (Wildman–Crippen MR) is 155 cm³/mol. The monoisotopic (exact) mass is 531 g/mol. The summed E-state index contributed by atoms with van der Waals surface area (Å²) in [7, 11) is 0. The molecule has 2 amide bonds. The maximum atomic E-state index is 13.5. The molecule has 1 aromatic carbocycles. The molecule has 9 heteroatoms. The molecule has 3 heterocycles. The molecule has 0 bridgehead atoms. The molecule has 9 nitrogen and oxygen atoms in total. The van der Waals surface area contributed by atoms with Gasteiger partial charge in [0.05, 0.1) is 5.39 Å². The van der Waals surface area contributed by atoms with Gasteiger partial charge in [-0.25, -0.2) is 9.97 Å². The number of fused-ring (bicyclic) bond motifs is 1. The second-order valence-corrected chi connectivity index (χ2v) is 10.9. The summed E-state index contributed by atoms with van der Waals surface area (Å²) >= 11 is 0. The number of hydrogen-bond donors (Lipinski definition) is 3. The van der Waals surface area contributed by atoms with Crippen molar-refractivity contribution in [2.75, 3.05) is 51.1 Å². The topological polar surface area (TPSA) is 106 Å². The average molecular weight is 532 g/mol. The van der Waals surface area contributed by atoms with E-state index in [-0.39, 0.29) is 11.8 Å². The zero-order chi connectivity index (χ0) is 27.0. The number of carbonyl (C=O) groups is 2. The van der Waals surface area contributed by atoms with Gasteiger partial charge in [0.15, 0.2) is 5.82 Å². The summed E-state index contributed by atoms with van der Waals surface area (Å²) in [4.78, 5) is 41.9. The minimum absolute atomic E-state index is 0.000290. The quantitative estimate of drug-likeness (QED) is 0.337. The Morgan fingerprint density at radius 1 is 1.00 bits per heavy atom. The van der Waals surface area contributed by atoms with E-state index < -0.39 is 0 Å². The van der Waals surface area contributed by atoms with Crippen molar-refractivity contribution < 1.29 is 9.59 Å². The van der Waals surface area contributed by atoms with E-state index in [1.165, 1.54) is 51.9 Å². The van der Waals surface area contributed by atoms with Crippen LogP contribution in [0.25, 0.3) is 22.4 Å². The van der Waals surface area contributed by atoms with E-state index in [1.54, 1.807) is 0 Å². The van der Waals surface area contributed by atoms with Crippen molar-refractivity contribution in [3.8, 4) is 11.4 Å². The van der Waals surface area contributed by atoms with Crippen molar-refractivity contribution in [3.63, 3.8) is 0 Å². The minimum Gasteiger partial charge on any atom is -0.368 e. The van der Waals surface area contributed by atoms with Crippen LogP contribution in [0.2, 0.25) is 0 Å². The van der Waals surface area contributed by atoms with Crippen LogP contribution in [0.5, 0.6) is 0 Å². The summed E-state index contributed by atoms with van der Waals surface area (Å²) in [6.07, 6.45) is 9.68. The molecule has 1 aliphatic carbocycles. The maximum Gasteiger partial charge on any atom is 0.270 e. The Morgan fingerprint density at radius 2 is 1.77 bits per heavy atom. The first-order chi connectivity index (χ1) is 19.1. The Kier molecular flexibility index (Phi) is 9.08. The summed E-state index contributed by atoms with van der Waals surface area (Å²) in [5.41, 5.74) is 2.04. The molecule has 3 N–H and O–H groups in total. The Labute approximate surface area is 230 Å². The van der Waals surface area contributed by atoms with Crippen molar-refractivity contribution in [1.82, 2.24) is 30.1 Å². The summed E-state index contributed by atoms with van der Waals surface area (Å²) in [6.45, 7) is 6.93. The molecule has 2 aliphatic rings. The second-order valence-electron chi connectivity index (χ2n) is 10.9. The van der Waals surface area contributed by atoms with Crippen LogP contribution in [0.1, 0.15) is 62.4 Å². The molecule has 2 aromatic heterocycles. The Hall–Kier alpha value is -3.46. The van der Waals surface area contributed by atoms with Gasteiger partial charge in [-0.15, -0.1) is 0 Å². The number of aromatic amines is 1. The van der Waals surface area contributed by atoms with E-state index in [0.29, 0.717) is 36.1 Å². The first-order valence-corrected chi connectivity index (χ1v) is 14.5. The molecular weight excluding hydrogens is 490 g/mol. The molecule has 208 valence electrons. The molecule has 5 rings (SSSR count). The van der Waals surface area contributed by atoms with E-state index in [2.05, 4.69) is 20.5 Å². The molecular formula is C30H41N7O2. The highest BCUT2D eigenvalue weighted by Crippen LogP contribution is 2.28. The van der Waals surface area contributed by atoms with Gasteiger partial charge in [0.2, 0.25) is 5.91 Å². The lowest BCUT2D eigenvalue weighted by molar-refractivity contribution is -0.118. The number of carbonyl (C=O) groups excluding carboxylic acids is 2. The van der Waals surface area contributed by atoms with Gasteiger partial charge >= 0.3 is 0 Å². The molecule has 0 radical (unpaired) electrons. The van der Waals surface area contributed by atoms with Crippen LogP contribution in [0.15, 0.2) is 36.4 Å². The fourth-order valence-electron chi connectivity index (χ4n) is 5.82. The number of nitrogens with zero attached hydrogens (tertiary/aromatic N) is 4. The van der Waals surface area contributed by atoms with Gasteiger partial charge in [0, 0.05) is 51.8 Å². The van der Waals surface area contributed by atoms with Crippen molar-refractivity contribution in [3.05, 3.63) is 42.1 Å². The number of H-pyrrole nitrogens is 1. The van der Waals surface area contributed by atoms with Gasteiger partial charge in [-0.2, -0.15) is 0 Å². The third-order valence-corrected chi connectivity index (χ3v) is 8.01. The molecule has 0 unspecified atom stereocenters. The summed E-state index contributed by atoms with van der Waals surface area (Å²) < 4.78 is 0. The van der Waals surface area contributed by atoms with Crippen LogP contribution in [0.3, 0.4) is 0 Å². The van der Waals surface area contributed by atoms with Crippen LogP contribution in [0, 0.1) is 5.92 Å². The molecule has 1 aliphatic heterocycles. The van der Waals surface area contributed by atoms with Gasteiger partial charge in [-0.05, 0) is 31.4 Å². The van der Waals surface area contributed by atoms with E-state index >= 15 is 0 Å². The van der Waals surface area contributed by atoms with E-state index in [1.807, 2.05) is 41.3 Å². The summed E-state index contributed by atoms with van der Waals surface area (Å²) in [6, 6.07) is 11.6. The highest BCUT2D eigenvalue weighted by atomic mass is 16.2. The van der Waals surface area contributed by atoms with E-state index in [4.69, 9.17) is 9.97 Å². The van der Waals surface area contributed by atoms with Crippen molar-refractivity contribution in [2.24, 2.45) is 5.92 Å². The van der Waals surface area contributed by atoms with Gasteiger partial charge in [0.25, 0.3) is 5.91 Å². The highest BCUT2D eigenvalue weighted by molar-refractivity contribution is 6.00. The first kappa shape index (κ1) is 27.1. The number of anilines is 1. The smallest absolute Gasteiger partial charge is 0.270 e. The van der Waals surface area contributed by atoms with E-state index in [0.717, 1.165) is 49.6 Å². The van der Waals surface area contributed by atoms with E-state index in [9.17, 15) is 9.59 Å². The lowest BCUT2D eigenvalue weighted by Crippen LogP contribution is -2.48. The third-order valence-electron chi connectivity index (χ3n) is 8.01. The predicted octanol–water partition coefficient (Wildman–Crippen LogP) is 4.29. The molecule has 1 saturated heterocycles. The van der Waals surface area contributed by atoms with Crippen molar-refractivity contribution >= 4 is 28.7 Å². The molecule has 1 saturated carbocycles. The van der Waals surface area contributed by atoms with Crippen molar-refractivity contribution in [2.45, 2.75) is 51.9 Å². The molecule has 0 atom stereocenters. The summed E-state index contributed by atoms with van der Waals surface area (Å²) in [5, 5.41) is 6.87. The number of rotatable bonds is 10. The van der Waals surface area contributed by atoms with Gasteiger partial charge in [0.1, 0.15) is 17.2 Å². The maximum absolute atomic E-state index is 13.5. The number of hydrogen-bond acceptors (Lipinski definition) is 6. The number of benzene rings is 1. The lowest BCUT2D eigenvalue weighted by Gasteiger charge is -2.34. The van der Waals surface area contributed by atoms with Crippen LogP contribution >= 0.6 is 0 Å². The summed E-state index contributed by atoms with van der Waals surface area (Å²) in [5.74, 6) is 2.07. The first-order valence-electron chi connectivity index (χ1n) is 14.5. The number of nitrogens with one attached hydrogen (secondary N) is 3. The normalized spacial score (nSPS) is 16.9. The number of aromatic nitrogens is 3. The lowest BCUT2D eigenvalue weighted by atomic mass is 9.86. The fourth-order valence-corrected chi connectivity index (χ4v) is 5.82. The Bertz CT molecular complexity index is 1240. The molecule has 2 fully saturated rings. The van der Waals surface area contributed by atoms with Crippen LogP contribution in [0.4, 0.5) is 5.82 Å². The molecule has 39 heavy (non-hydrogen) atoms. The van der Waals surface area contributed by atoms with Gasteiger partial charge < -0.3 is 20.5 Å². The zero-order valence-corrected chi connectivity index (χ0v) is 23.0. The molecule has 0 spiro atoms. The third kappa shape index (κ3) is 7.15. The van der Waals surface area contributed by atoms with Gasteiger partial charge in [-0.3, -0.25) is 14.5 Å². The van der Waals surface area contributed by atoms with Gasteiger partial charge in [-0.1, -0.05) is 62.4 Å².